The lowest BCUT2D eigenvalue weighted by Gasteiger charge is -2.50. The average molecular weight is 529 g/mol. The van der Waals surface area contributed by atoms with Crippen LogP contribution in [-0.4, -0.2) is 10.6 Å². The predicted octanol–water partition coefficient (Wildman–Crippen LogP) is 9.10. The number of anilines is 2. The first-order valence-corrected chi connectivity index (χ1v) is 14.7. The second-order valence-electron chi connectivity index (χ2n) is 12.0. The highest BCUT2D eigenvalue weighted by molar-refractivity contribution is 6.00. The van der Waals surface area contributed by atoms with Gasteiger partial charge in [-0.15, -0.1) is 0 Å². The molecule has 2 nitrogen and oxygen atoms in total. The molecule has 0 radical (unpaired) electrons. The van der Waals surface area contributed by atoms with Gasteiger partial charge in [0.05, 0.1) is 5.52 Å². The molecule has 0 saturated carbocycles. The van der Waals surface area contributed by atoms with E-state index < -0.39 is 0 Å². The molecular weight excluding hydrogens is 496 g/mol. The molecule has 0 amide bonds. The summed E-state index contributed by atoms with van der Waals surface area (Å²) in [5.41, 5.74) is 11.8. The summed E-state index contributed by atoms with van der Waals surface area (Å²) in [6.07, 6.45) is 8.83. The van der Waals surface area contributed by atoms with E-state index in [4.69, 9.17) is 0 Å². The summed E-state index contributed by atoms with van der Waals surface area (Å²) in [7, 11) is 0. The molecular formula is C39H32N2. The van der Waals surface area contributed by atoms with E-state index >= 15 is 0 Å². The maximum Gasteiger partial charge on any atom is 0.103 e. The molecule has 198 valence electrons. The fraction of sp³-hybridized carbons (Fsp3) is 0.179. The Balaban J connectivity index is 1.32. The fourth-order valence-electron chi connectivity index (χ4n) is 7.44. The molecule has 5 aromatic rings. The Morgan fingerprint density at radius 3 is 2.37 bits per heavy atom. The lowest BCUT2D eigenvalue weighted by molar-refractivity contribution is 0.338. The molecule has 1 aliphatic heterocycles. The van der Waals surface area contributed by atoms with Gasteiger partial charge in [0, 0.05) is 50.6 Å². The summed E-state index contributed by atoms with van der Waals surface area (Å²) < 4.78 is 2.46. The Labute approximate surface area is 242 Å². The van der Waals surface area contributed by atoms with Crippen LogP contribution < -0.4 is 4.90 Å². The van der Waals surface area contributed by atoms with Gasteiger partial charge in [0.1, 0.15) is 6.04 Å². The van der Waals surface area contributed by atoms with E-state index in [-0.39, 0.29) is 11.5 Å². The van der Waals surface area contributed by atoms with Gasteiger partial charge >= 0.3 is 0 Å². The Bertz CT molecular complexity index is 1940. The molecule has 2 heteroatoms. The Hall–Kier alpha value is -4.74. The standard InChI is InChI=1S/C39H32N2/c1-39(2)32-18-8-12-22-37(32)41(38-23-13-9-19-33(38)39)34-20-10-6-16-29(34)27-24-25-36-31(26-27)30-17-7-11-21-35(30)40(36)28-14-4-3-5-15-28/h3-12,14-22,26,33,38H,24-25H2,1-2H3. The van der Waals surface area contributed by atoms with Crippen molar-refractivity contribution in [2.24, 2.45) is 5.92 Å². The van der Waals surface area contributed by atoms with E-state index in [1.54, 1.807) is 0 Å². The molecule has 8 rings (SSSR count). The third-order valence-electron chi connectivity index (χ3n) is 9.42. The van der Waals surface area contributed by atoms with E-state index in [0.717, 1.165) is 12.8 Å². The highest BCUT2D eigenvalue weighted by Crippen LogP contribution is 2.51. The second kappa shape index (κ2) is 9.15. The van der Waals surface area contributed by atoms with Crippen LogP contribution in [0.3, 0.4) is 0 Å². The second-order valence-corrected chi connectivity index (χ2v) is 12.0. The van der Waals surface area contributed by atoms with E-state index in [1.807, 2.05) is 0 Å². The van der Waals surface area contributed by atoms with Crippen LogP contribution in [-0.2, 0) is 11.8 Å². The Morgan fingerprint density at radius 1 is 0.756 bits per heavy atom. The number of allylic oxidation sites excluding steroid dienone is 2. The summed E-state index contributed by atoms with van der Waals surface area (Å²) in [6, 6.07) is 37.6. The molecule has 0 spiro atoms. The van der Waals surface area contributed by atoms with Crippen LogP contribution in [0.5, 0.6) is 0 Å². The van der Waals surface area contributed by atoms with Gasteiger partial charge in [-0.25, -0.2) is 0 Å². The first-order valence-electron chi connectivity index (χ1n) is 14.7. The van der Waals surface area contributed by atoms with Crippen LogP contribution in [0.4, 0.5) is 11.4 Å². The van der Waals surface area contributed by atoms with Crippen LogP contribution in [0.25, 0.3) is 28.2 Å². The van der Waals surface area contributed by atoms with Crippen molar-refractivity contribution in [1.82, 2.24) is 4.57 Å². The molecule has 0 bridgehead atoms. The molecule has 1 aromatic heterocycles. The molecule has 4 aromatic carbocycles. The summed E-state index contributed by atoms with van der Waals surface area (Å²) in [5, 5.41) is 1.31. The number of hydrogen-bond acceptors (Lipinski definition) is 1. The van der Waals surface area contributed by atoms with Gasteiger partial charge in [-0.3, -0.25) is 0 Å². The number of hydrogen-bond donors (Lipinski definition) is 0. The SMILES string of the molecule is CC1(C)c2ccccc2N(c2ccccc2C2=Cc3c(n(-c4ccccc4)c4ccccc34)CC2)C2C#CC=CC21. The minimum Gasteiger partial charge on any atom is -0.326 e. The van der Waals surface area contributed by atoms with Gasteiger partial charge in [0.15, 0.2) is 0 Å². The predicted molar refractivity (Wildman–Crippen MR) is 172 cm³/mol. The van der Waals surface area contributed by atoms with Gasteiger partial charge < -0.3 is 9.47 Å². The molecule has 41 heavy (non-hydrogen) atoms. The molecule has 2 aliphatic carbocycles. The Kier molecular flexibility index (Phi) is 5.38. The number of rotatable bonds is 3. The zero-order valence-electron chi connectivity index (χ0n) is 23.5. The molecule has 0 saturated heterocycles. The van der Waals surface area contributed by atoms with Crippen molar-refractivity contribution < 1.29 is 0 Å². The van der Waals surface area contributed by atoms with Gasteiger partial charge in [-0.1, -0.05) is 105 Å². The van der Waals surface area contributed by atoms with Crippen molar-refractivity contribution in [2.45, 2.75) is 38.1 Å². The maximum absolute atomic E-state index is 3.62. The van der Waals surface area contributed by atoms with Crippen LogP contribution >= 0.6 is 0 Å². The third kappa shape index (κ3) is 3.59. The van der Waals surface area contributed by atoms with Crippen molar-refractivity contribution in [2.75, 3.05) is 4.90 Å². The summed E-state index contributed by atoms with van der Waals surface area (Å²) in [6.45, 7) is 4.75. The summed E-state index contributed by atoms with van der Waals surface area (Å²) >= 11 is 0. The molecule has 3 aliphatic rings. The van der Waals surface area contributed by atoms with E-state index in [1.165, 1.54) is 55.9 Å². The van der Waals surface area contributed by atoms with Gasteiger partial charge in [0.2, 0.25) is 0 Å². The lowest BCUT2D eigenvalue weighted by Crippen LogP contribution is -2.50. The van der Waals surface area contributed by atoms with Crippen molar-refractivity contribution in [3.05, 3.63) is 138 Å². The highest BCUT2D eigenvalue weighted by atomic mass is 15.2. The maximum atomic E-state index is 3.62. The minimum absolute atomic E-state index is 0.00339. The van der Waals surface area contributed by atoms with Crippen molar-refractivity contribution in [3.8, 4) is 17.5 Å². The van der Waals surface area contributed by atoms with Crippen molar-refractivity contribution in [3.63, 3.8) is 0 Å². The molecule has 0 fully saturated rings. The quantitative estimate of drug-likeness (QED) is 0.212. The number of aromatic nitrogens is 1. The highest BCUT2D eigenvalue weighted by Gasteiger charge is 2.45. The van der Waals surface area contributed by atoms with Crippen LogP contribution in [0.15, 0.2) is 115 Å². The van der Waals surface area contributed by atoms with Gasteiger partial charge in [-0.05, 0) is 66.5 Å². The van der Waals surface area contributed by atoms with Crippen molar-refractivity contribution >= 4 is 33.9 Å². The zero-order chi connectivity index (χ0) is 27.6. The fourth-order valence-corrected chi connectivity index (χ4v) is 7.44. The van der Waals surface area contributed by atoms with Crippen LogP contribution in [0, 0.1) is 17.8 Å². The average Bonchev–Trinajstić information content (AvgIpc) is 3.36. The monoisotopic (exact) mass is 528 g/mol. The molecule has 2 unspecified atom stereocenters. The largest absolute Gasteiger partial charge is 0.326 e. The number of nitrogens with zero attached hydrogens (tertiary/aromatic N) is 2. The first kappa shape index (κ1) is 24.1. The van der Waals surface area contributed by atoms with E-state index in [2.05, 4.69) is 157 Å². The Morgan fingerprint density at radius 2 is 1.49 bits per heavy atom. The normalized spacial score (nSPS) is 20.0. The number of benzene rings is 4. The lowest BCUT2D eigenvalue weighted by atomic mass is 9.65. The van der Waals surface area contributed by atoms with Crippen LogP contribution in [0.1, 0.15) is 42.7 Å². The van der Waals surface area contributed by atoms with Crippen molar-refractivity contribution in [1.29, 1.82) is 0 Å². The number of para-hydroxylation sites is 4. The minimum atomic E-state index is -0.00339. The molecule has 0 N–H and O–H groups in total. The van der Waals surface area contributed by atoms with E-state index in [0.29, 0.717) is 5.92 Å². The smallest absolute Gasteiger partial charge is 0.103 e. The van der Waals surface area contributed by atoms with Crippen LogP contribution in [0.2, 0.25) is 0 Å². The van der Waals surface area contributed by atoms with Gasteiger partial charge in [0.25, 0.3) is 0 Å². The van der Waals surface area contributed by atoms with E-state index in [9.17, 15) is 0 Å². The summed E-state index contributed by atoms with van der Waals surface area (Å²) in [4.78, 5) is 2.53. The zero-order valence-corrected chi connectivity index (χ0v) is 23.5. The third-order valence-corrected chi connectivity index (χ3v) is 9.42. The van der Waals surface area contributed by atoms with Gasteiger partial charge in [-0.2, -0.15) is 0 Å². The summed E-state index contributed by atoms with van der Waals surface area (Å²) in [5.74, 6) is 7.24. The topological polar surface area (TPSA) is 8.17 Å². The molecule has 2 atom stereocenters. The first-order chi connectivity index (χ1) is 20.1. The molecule has 2 heterocycles. The number of fused-ring (bicyclic) bond motifs is 5.